The number of benzene rings is 1. The van der Waals surface area contributed by atoms with Crippen molar-refractivity contribution in [2.45, 2.75) is 50.5 Å². The molecule has 1 fully saturated rings. The van der Waals surface area contributed by atoms with E-state index < -0.39 is 17.4 Å². The summed E-state index contributed by atoms with van der Waals surface area (Å²) in [5, 5.41) is 11.9. The summed E-state index contributed by atoms with van der Waals surface area (Å²) < 4.78 is 4.92. The molecule has 0 bridgehead atoms. The highest BCUT2D eigenvalue weighted by Crippen LogP contribution is 2.40. The van der Waals surface area contributed by atoms with E-state index in [1.807, 2.05) is 31.2 Å². The van der Waals surface area contributed by atoms with Crippen LogP contribution >= 0.6 is 0 Å². The second kappa shape index (κ2) is 7.59. The highest BCUT2D eigenvalue weighted by molar-refractivity contribution is 5.91. The first-order valence-electron chi connectivity index (χ1n) is 8.09. The number of hydrogen-bond acceptors (Lipinski definition) is 3. The molecule has 0 heterocycles. The van der Waals surface area contributed by atoms with Crippen molar-refractivity contribution in [1.82, 2.24) is 5.32 Å². The molecule has 0 radical (unpaired) electrons. The fourth-order valence-corrected chi connectivity index (χ4v) is 3.38. The molecule has 0 aliphatic heterocycles. The van der Waals surface area contributed by atoms with E-state index >= 15 is 0 Å². The lowest BCUT2D eigenvalue weighted by molar-refractivity contribution is -0.144. The van der Waals surface area contributed by atoms with E-state index in [0.717, 1.165) is 43.2 Å². The summed E-state index contributed by atoms with van der Waals surface area (Å²) in [6.07, 6.45) is 4.57. The Labute approximate surface area is 137 Å². The first-order chi connectivity index (χ1) is 11.0. The summed E-state index contributed by atoms with van der Waals surface area (Å²) in [6.45, 7) is 1.97. The Balaban J connectivity index is 2.30. The van der Waals surface area contributed by atoms with Crippen LogP contribution in [0.2, 0.25) is 0 Å². The van der Waals surface area contributed by atoms with Crippen LogP contribution in [0.5, 0.6) is 0 Å². The van der Waals surface area contributed by atoms with Gasteiger partial charge in [0.25, 0.3) is 0 Å². The summed E-state index contributed by atoms with van der Waals surface area (Å²) in [5.41, 5.74) is 1.45. The number of carboxylic acid groups (broad SMARTS) is 1. The second-order valence-corrected chi connectivity index (χ2v) is 6.33. The molecular formula is C18H25NO4. The van der Waals surface area contributed by atoms with Crippen LogP contribution < -0.4 is 5.32 Å². The zero-order chi connectivity index (χ0) is 16.9. The molecule has 0 spiro atoms. The minimum atomic E-state index is -1.07. The molecular weight excluding hydrogens is 294 g/mol. The summed E-state index contributed by atoms with van der Waals surface area (Å²) in [6, 6.07) is 6.96. The Morgan fingerprint density at radius 3 is 2.57 bits per heavy atom. The van der Waals surface area contributed by atoms with E-state index in [1.54, 1.807) is 0 Å². The van der Waals surface area contributed by atoms with Crippen LogP contribution in [-0.2, 0) is 19.7 Å². The van der Waals surface area contributed by atoms with E-state index in [1.165, 1.54) is 7.11 Å². The number of aliphatic carboxylic acids is 1. The SMILES string of the molecule is COCC(NC(=O)C1(c2cccc(C)c2)CCCCC1)C(=O)O. The lowest BCUT2D eigenvalue weighted by Crippen LogP contribution is -2.53. The molecule has 1 aromatic carbocycles. The Kier molecular flexibility index (Phi) is 5.77. The molecule has 5 nitrogen and oxygen atoms in total. The largest absolute Gasteiger partial charge is 0.480 e. The minimum Gasteiger partial charge on any atom is -0.480 e. The van der Waals surface area contributed by atoms with E-state index in [9.17, 15) is 14.7 Å². The molecule has 1 amide bonds. The predicted octanol–water partition coefficient (Wildman–Crippen LogP) is 2.41. The molecule has 1 atom stereocenters. The summed E-state index contributed by atoms with van der Waals surface area (Å²) in [7, 11) is 1.43. The highest BCUT2D eigenvalue weighted by atomic mass is 16.5. The van der Waals surface area contributed by atoms with Gasteiger partial charge in [-0.05, 0) is 25.3 Å². The van der Waals surface area contributed by atoms with E-state index in [2.05, 4.69) is 5.32 Å². The topological polar surface area (TPSA) is 75.6 Å². The van der Waals surface area contributed by atoms with Gasteiger partial charge in [-0.15, -0.1) is 0 Å². The summed E-state index contributed by atoms with van der Waals surface area (Å²) in [4.78, 5) is 24.3. The fraction of sp³-hybridized carbons (Fsp3) is 0.556. The van der Waals surface area contributed by atoms with E-state index in [4.69, 9.17) is 4.74 Å². The van der Waals surface area contributed by atoms with Crippen molar-refractivity contribution < 1.29 is 19.4 Å². The quantitative estimate of drug-likeness (QED) is 0.844. The number of amides is 1. The Hall–Kier alpha value is -1.88. The summed E-state index contributed by atoms with van der Waals surface area (Å²) >= 11 is 0. The lowest BCUT2D eigenvalue weighted by Gasteiger charge is -2.37. The first-order valence-corrected chi connectivity index (χ1v) is 8.09. The average Bonchev–Trinajstić information content (AvgIpc) is 2.54. The van der Waals surface area contributed by atoms with Crippen molar-refractivity contribution in [2.75, 3.05) is 13.7 Å². The van der Waals surface area contributed by atoms with Crippen LogP contribution in [0.15, 0.2) is 24.3 Å². The molecule has 2 rings (SSSR count). The van der Waals surface area contributed by atoms with Gasteiger partial charge in [0.05, 0.1) is 12.0 Å². The van der Waals surface area contributed by atoms with Gasteiger partial charge in [-0.1, -0.05) is 49.1 Å². The predicted molar refractivity (Wildman–Crippen MR) is 87.4 cm³/mol. The van der Waals surface area contributed by atoms with Crippen LogP contribution in [0.3, 0.4) is 0 Å². The van der Waals surface area contributed by atoms with Gasteiger partial charge in [0, 0.05) is 7.11 Å². The van der Waals surface area contributed by atoms with Crippen molar-refractivity contribution in [3.05, 3.63) is 35.4 Å². The Bertz CT molecular complexity index is 564. The van der Waals surface area contributed by atoms with E-state index in [0.29, 0.717) is 0 Å². The Morgan fingerprint density at radius 1 is 1.30 bits per heavy atom. The van der Waals surface area contributed by atoms with Gasteiger partial charge in [-0.2, -0.15) is 0 Å². The third-order valence-corrected chi connectivity index (χ3v) is 4.65. The molecule has 1 aliphatic carbocycles. The maximum Gasteiger partial charge on any atom is 0.328 e. The van der Waals surface area contributed by atoms with Gasteiger partial charge in [0.15, 0.2) is 6.04 Å². The number of ether oxygens (including phenoxy) is 1. The molecule has 0 aromatic heterocycles. The molecule has 23 heavy (non-hydrogen) atoms. The number of hydrogen-bond donors (Lipinski definition) is 2. The van der Waals surface area contributed by atoms with Crippen molar-refractivity contribution >= 4 is 11.9 Å². The molecule has 5 heteroatoms. The van der Waals surface area contributed by atoms with Crippen LogP contribution in [-0.4, -0.2) is 36.7 Å². The van der Waals surface area contributed by atoms with Gasteiger partial charge in [0.1, 0.15) is 0 Å². The Morgan fingerprint density at radius 2 is 2.00 bits per heavy atom. The lowest BCUT2D eigenvalue weighted by atomic mass is 9.68. The van der Waals surface area contributed by atoms with Gasteiger partial charge in [-0.25, -0.2) is 4.79 Å². The van der Waals surface area contributed by atoms with Gasteiger partial charge in [0.2, 0.25) is 5.91 Å². The third kappa shape index (κ3) is 3.91. The number of aryl methyl sites for hydroxylation is 1. The number of carbonyl (C=O) groups is 2. The molecule has 1 unspecified atom stereocenters. The van der Waals surface area contributed by atoms with Crippen molar-refractivity contribution in [3.8, 4) is 0 Å². The second-order valence-electron chi connectivity index (χ2n) is 6.33. The molecule has 126 valence electrons. The molecule has 0 saturated heterocycles. The smallest absolute Gasteiger partial charge is 0.328 e. The fourth-order valence-electron chi connectivity index (χ4n) is 3.38. The number of carboxylic acids is 1. The number of methoxy groups -OCH3 is 1. The minimum absolute atomic E-state index is 0.0367. The van der Waals surface area contributed by atoms with E-state index in [-0.39, 0.29) is 12.5 Å². The van der Waals surface area contributed by atoms with Gasteiger partial charge >= 0.3 is 5.97 Å². The standard InChI is InChI=1S/C18H25NO4/c1-13-7-6-8-14(11-13)18(9-4-3-5-10-18)17(22)19-15(12-23-2)16(20)21/h6-8,11,15H,3-5,9-10,12H2,1-2H3,(H,19,22)(H,20,21). The van der Waals surface area contributed by atoms with Crippen molar-refractivity contribution in [1.29, 1.82) is 0 Å². The average molecular weight is 319 g/mol. The molecule has 1 saturated carbocycles. The van der Waals surface area contributed by atoms with Gasteiger partial charge < -0.3 is 15.2 Å². The highest BCUT2D eigenvalue weighted by Gasteiger charge is 2.42. The summed E-state index contributed by atoms with van der Waals surface area (Å²) in [5.74, 6) is -1.28. The third-order valence-electron chi connectivity index (χ3n) is 4.65. The number of nitrogens with one attached hydrogen (secondary N) is 1. The molecule has 1 aromatic rings. The van der Waals surface area contributed by atoms with Crippen LogP contribution in [0.4, 0.5) is 0 Å². The van der Waals surface area contributed by atoms with Crippen LogP contribution in [0, 0.1) is 6.92 Å². The molecule has 2 N–H and O–H groups in total. The zero-order valence-electron chi connectivity index (χ0n) is 13.8. The number of carbonyl (C=O) groups excluding carboxylic acids is 1. The van der Waals surface area contributed by atoms with Crippen molar-refractivity contribution in [2.24, 2.45) is 0 Å². The van der Waals surface area contributed by atoms with Crippen molar-refractivity contribution in [3.63, 3.8) is 0 Å². The zero-order valence-corrected chi connectivity index (χ0v) is 13.8. The van der Waals surface area contributed by atoms with Crippen LogP contribution in [0.1, 0.15) is 43.2 Å². The number of rotatable bonds is 6. The van der Waals surface area contributed by atoms with Crippen LogP contribution in [0.25, 0.3) is 0 Å². The monoisotopic (exact) mass is 319 g/mol. The molecule has 1 aliphatic rings. The maximum absolute atomic E-state index is 13.0. The normalized spacial score (nSPS) is 18.2. The first kappa shape index (κ1) is 17.5. The van der Waals surface area contributed by atoms with Gasteiger partial charge in [-0.3, -0.25) is 4.79 Å². The maximum atomic E-state index is 13.0.